The summed E-state index contributed by atoms with van der Waals surface area (Å²) in [5.74, 6) is -9.48. The molecule has 144 valence electrons. The fourth-order valence-corrected chi connectivity index (χ4v) is 4.91. The number of hydrogen-bond donors (Lipinski definition) is 0. The van der Waals surface area contributed by atoms with Crippen LogP contribution in [0.3, 0.4) is 0 Å². The summed E-state index contributed by atoms with van der Waals surface area (Å²) in [5, 5.41) is 0. The molecule has 0 atom stereocenters. The fourth-order valence-electron chi connectivity index (χ4n) is 2.54. The monoisotopic (exact) mass is 386 g/mol. The second-order valence-corrected chi connectivity index (χ2v) is 8.21. The van der Waals surface area contributed by atoms with Crippen molar-refractivity contribution in [1.82, 2.24) is 0 Å². The van der Waals surface area contributed by atoms with E-state index in [4.69, 9.17) is 13.3 Å². The van der Waals surface area contributed by atoms with Crippen LogP contribution in [0.4, 0.5) is 22.0 Å². The number of hydrogen-bond acceptors (Lipinski definition) is 3. The smallest absolute Gasteiger partial charge is 0.377 e. The van der Waals surface area contributed by atoms with Crippen molar-refractivity contribution in [3.05, 3.63) is 34.6 Å². The van der Waals surface area contributed by atoms with Gasteiger partial charge in [0.05, 0.1) is 0 Å². The minimum atomic E-state index is -2.76. The van der Waals surface area contributed by atoms with Crippen molar-refractivity contribution in [2.45, 2.75) is 45.6 Å². The van der Waals surface area contributed by atoms with E-state index in [1.807, 2.05) is 13.8 Å². The van der Waals surface area contributed by atoms with Crippen molar-refractivity contribution in [2.75, 3.05) is 20.3 Å². The molecule has 0 aliphatic rings. The lowest BCUT2D eigenvalue weighted by Crippen LogP contribution is -2.44. The molecular formula is C16H23F5O3Si. The molecule has 0 aliphatic heterocycles. The molecule has 0 heterocycles. The maximum Gasteiger partial charge on any atom is 0.500 e. The molecule has 0 bridgehead atoms. The van der Waals surface area contributed by atoms with Crippen molar-refractivity contribution in [2.24, 2.45) is 0 Å². The minimum Gasteiger partial charge on any atom is -0.377 e. The van der Waals surface area contributed by atoms with E-state index in [0.29, 0.717) is 32.1 Å². The van der Waals surface area contributed by atoms with Gasteiger partial charge in [-0.15, -0.1) is 0 Å². The van der Waals surface area contributed by atoms with E-state index in [1.54, 1.807) is 0 Å². The molecule has 0 spiro atoms. The van der Waals surface area contributed by atoms with Crippen molar-refractivity contribution in [3.63, 3.8) is 0 Å². The maximum atomic E-state index is 13.6. The average molecular weight is 386 g/mol. The van der Waals surface area contributed by atoms with E-state index in [9.17, 15) is 22.0 Å². The summed E-state index contributed by atoms with van der Waals surface area (Å²) in [7, 11) is -1.26. The van der Waals surface area contributed by atoms with Crippen LogP contribution in [0, 0.1) is 29.1 Å². The zero-order valence-corrected chi connectivity index (χ0v) is 15.6. The highest BCUT2D eigenvalue weighted by molar-refractivity contribution is 6.60. The Hall–Kier alpha value is -1.03. The molecule has 0 radical (unpaired) electrons. The van der Waals surface area contributed by atoms with Gasteiger partial charge in [0, 0.05) is 31.9 Å². The summed E-state index contributed by atoms with van der Waals surface area (Å²) in [4.78, 5) is 0. The normalized spacial score (nSPS) is 12.0. The molecule has 0 saturated carbocycles. The van der Waals surface area contributed by atoms with Crippen LogP contribution in [0.1, 0.15) is 38.7 Å². The van der Waals surface area contributed by atoms with Crippen LogP contribution in [-0.2, 0) is 19.7 Å². The molecule has 3 nitrogen and oxygen atoms in total. The standard InChI is InChI=1S/C16H23F5O3Si/c1-4-23-25(22-3,24-5-2)10-8-6-7-9-11-12(17)14(19)16(21)15(20)13(11)18/h4-10H2,1-3H3. The van der Waals surface area contributed by atoms with Gasteiger partial charge in [0.2, 0.25) is 5.82 Å². The number of rotatable bonds is 11. The first-order valence-electron chi connectivity index (χ1n) is 8.16. The van der Waals surface area contributed by atoms with Gasteiger partial charge in [-0.1, -0.05) is 6.42 Å². The maximum absolute atomic E-state index is 13.6. The van der Waals surface area contributed by atoms with Crippen LogP contribution in [0.5, 0.6) is 0 Å². The molecule has 0 aromatic heterocycles. The lowest BCUT2D eigenvalue weighted by atomic mass is 10.1. The summed E-state index contributed by atoms with van der Waals surface area (Å²) < 4.78 is 83.0. The van der Waals surface area contributed by atoms with Gasteiger partial charge in [-0.3, -0.25) is 0 Å². The lowest BCUT2D eigenvalue weighted by Gasteiger charge is -2.27. The molecule has 25 heavy (non-hydrogen) atoms. The van der Waals surface area contributed by atoms with Crippen LogP contribution >= 0.6 is 0 Å². The van der Waals surface area contributed by atoms with E-state index in [0.717, 1.165) is 0 Å². The first-order chi connectivity index (χ1) is 11.8. The SMILES string of the molecule is CCO[Si](CCCCCc1c(F)c(F)c(F)c(F)c1F)(OC)OCC. The van der Waals surface area contributed by atoms with Gasteiger partial charge in [0.1, 0.15) is 0 Å². The summed E-state index contributed by atoms with van der Waals surface area (Å²) >= 11 is 0. The van der Waals surface area contributed by atoms with E-state index in [1.165, 1.54) is 7.11 Å². The molecule has 1 aromatic carbocycles. The Morgan fingerprint density at radius 3 is 1.64 bits per heavy atom. The van der Waals surface area contributed by atoms with Crippen LogP contribution in [-0.4, -0.2) is 29.1 Å². The Balaban J connectivity index is 2.62. The molecule has 0 fully saturated rings. The first-order valence-corrected chi connectivity index (χ1v) is 10.1. The Kier molecular flexibility index (Phi) is 8.98. The lowest BCUT2D eigenvalue weighted by molar-refractivity contribution is 0.0859. The Morgan fingerprint density at radius 2 is 1.20 bits per heavy atom. The molecule has 0 N–H and O–H groups in total. The van der Waals surface area contributed by atoms with E-state index in [2.05, 4.69) is 0 Å². The summed E-state index contributed by atoms with van der Waals surface area (Å²) in [6.07, 6.45) is 1.13. The molecule has 1 rings (SSSR count). The van der Waals surface area contributed by atoms with Gasteiger partial charge < -0.3 is 13.3 Å². The second kappa shape index (κ2) is 10.2. The van der Waals surface area contributed by atoms with Gasteiger partial charge in [0.15, 0.2) is 23.3 Å². The largest absolute Gasteiger partial charge is 0.500 e. The number of benzene rings is 1. The third-order valence-electron chi connectivity index (χ3n) is 3.75. The van der Waals surface area contributed by atoms with Crippen LogP contribution in [0.2, 0.25) is 6.04 Å². The quantitative estimate of drug-likeness (QED) is 0.181. The topological polar surface area (TPSA) is 27.7 Å². The Bertz CT molecular complexity index is 536. The zero-order valence-electron chi connectivity index (χ0n) is 14.6. The molecule has 0 aliphatic carbocycles. The van der Waals surface area contributed by atoms with Gasteiger partial charge in [-0.05, 0) is 33.1 Å². The highest BCUT2D eigenvalue weighted by Crippen LogP contribution is 2.25. The minimum absolute atomic E-state index is 0.239. The highest BCUT2D eigenvalue weighted by atomic mass is 28.4. The molecule has 1 aromatic rings. The average Bonchev–Trinajstić information content (AvgIpc) is 2.60. The van der Waals surface area contributed by atoms with Gasteiger partial charge >= 0.3 is 8.80 Å². The van der Waals surface area contributed by atoms with Crippen molar-refractivity contribution >= 4 is 8.80 Å². The Labute approximate surface area is 145 Å². The van der Waals surface area contributed by atoms with Crippen LogP contribution in [0.15, 0.2) is 0 Å². The predicted octanol–water partition coefficient (Wildman–Crippen LogP) is 4.75. The number of halogens is 5. The highest BCUT2D eigenvalue weighted by Gasteiger charge is 2.38. The summed E-state index contributed by atoms with van der Waals surface area (Å²) in [6.45, 7) is 4.52. The van der Waals surface area contributed by atoms with Crippen molar-refractivity contribution in [3.8, 4) is 0 Å². The predicted molar refractivity (Wildman–Crippen MR) is 84.6 cm³/mol. The summed E-state index contributed by atoms with van der Waals surface area (Å²) in [5.41, 5.74) is -0.777. The third-order valence-corrected chi connectivity index (χ3v) is 6.79. The molecule has 9 heteroatoms. The first kappa shape index (κ1) is 22.0. The van der Waals surface area contributed by atoms with Crippen LogP contribution < -0.4 is 0 Å². The Morgan fingerprint density at radius 1 is 0.720 bits per heavy atom. The number of unbranched alkanes of at least 4 members (excludes halogenated alkanes) is 2. The summed E-state index contributed by atoms with van der Waals surface area (Å²) in [6, 6.07) is 0.516. The van der Waals surface area contributed by atoms with Crippen molar-refractivity contribution < 1.29 is 35.2 Å². The van der Waals surface area contributed by atoms with Gasteiger partial charge in [-0.2, -0.15) is 0 Å². The zero-order chi connectivity index (χ0) is 19.0. The molecule has 0 unspecified atom stereocenters. The molecule has 0 amide bonds. The third kappa shape index (κ3) is 5.47. The van der Waals surface area contributed by atoms with E-state index < -0.39 is 43.5 Å². The van der Waals surface area contributed by atoms with Crippen LogP contribution in [0.25, 0.3) is 0 Å². The fraction of sp³-hybridized carbons (Fsp3) is 0.625. The van der Waals surface area contributed by atoms with Crippen molar-refractivity contribution in [1.29, 1.82) is 0 Å². The van der Waals surface area contributed by atoms with Gasteiger partial charge in [0.25, 0.3) is 0 Å². The molecule has 0 saturated heterocycles. The second-order valence-electron chi connectivity index (χ2n) is 5.36. The van der Waals surface area contributed by atoms with Gasteiger partial charge in [-0.25, -0.2) is 22.0 Å². The van der Waals surface area contributed by atoms with E-state index in [-0.39, 0.29) is 12.8 Å². The van der Waals surface area contributed by atoms with E-state index >= 15 is 0 Å². The molecular weight excluding hydrogens is 363 g/mol.